The maximum Gasteiger partial charge on any atom is 0.516 e. The predicted octanol–water partition coefficient (Wildman–Crippen LogP) is 4.20. The minimum absolute atomic E-state index is 0.253. The summed E-state index contributed by atoms with van der Waals surface area (Å²) in [5.74, 6) is -0.999. The highest BCUT2D eigenvalue weighted by Gasteiger charge is 2.31. The number of carboxylic acid groups (broad SMARTS) is 1. The molecule has 0 fully saturated rings. The third kappa shape index (κ3) is 11.5. The lowest BCUT2D eigenvalue weighted by atomic mass is 10.1. The molecule has 1 N–H and O–H groups in total. The molecule has 0 spiro atoms. The van der Waals surface area contributed by atoms with E-state index in [1.165, 1.54) is 51.4 Å². The summed E-state index contributed by atoms with van der Waals surface area (Å²) >= 11 is 0. The Morgan fingerprint density at radius 2 is 1.32 bits per heavy atom. The first-order chi connectivity index (χ1) is 10.4. The number of aliphatic carboxylic acids is 1. The highest BCUT2D eigenvalue weighted by Crippen LogP contribution is 2.11. The summed E-state index contributed by atoms with van der Waals surface area (Å²) in [6.07, 6.45) is 11.9. The Kier molecular flexibility index (Phi) is 11.8. The van der Waals surface area contributed by atoms with Crippen molar-refractivity contribution in [3.63, 3.8) is 0 Å². The Morgan fingerprint density at radius 3 is 1.77 bits per heavy atom. The maximum atomic E-state index is 11.7. The Bertz CT molecular complexity index is 316. The Labute approximate surface area is 135 Å². The number of amides is 1. The molecule has 0 saturated carbocycles. The second kappa shape index (κ2) is 12.4. The molecular weight excluding hydrogens is 282 g/mol. The van der Waals surface area contributed by atoms with Crippen molar-refractivity contribution in [3.05, 3.63) is 0 Å². The topological polar surface area (TPSA) is 63.6 Å². The van der Waals surface area contributed by atoms with Crippen LogP contribution < -0.4 is 0 Å². The van der Waals surface area contributed by atoms with Gasteiger partial charge in [-0.1, -0.05) is 64.7 Å². The van der Waals surface area contributed by atoms with E-state index in [0.29, 0.717) is 6.61 Å². The van der Waals surface area contributed by atoms with E-state index in [-0.39, 0.29) is 11.0 Å². The van der Waals surface area contributed by atoms with Gasteiger partial charge in [0.25, 0.3) is 0 Å². The molecule has 0 aromatic heterocycles. The average molecular weight is 316 g/mol. The zero-order valence-corrected chi connectivity index (χ0v) is 14.6. The molecule has 0 aliphatic heterocycles. The van der Waals surface area contributed by atoms with Crippen LogP contribution in [-0.4, -0.2) is 48.9 Å². The van der Waals surface area contributed by atoms with Crippen LogP contribution in [0.25, 0.3) is 0 Å². The van der Waals surface area contributed by atoms with Crippen molar-refractivity contribution in [2.45, 2.75) is 71.1 Å². The molecule has 0 bridgehead atoms. The van der Waals surface area contributed by atoms with Crippen LogP contribution in [0, 0.1) is 0 Å². The van der Waals surface area contributed by atoms with E-state index in [1.54, 1.807) is 14.1 Å². The van der Waals surface area contributed by atoms with Crippen molar-refractivity contribution in [3.8, 4) is 0 Å². The van der Waals surface area contributed by atoms with Gasteiger partial charge in [-0.3, -0.25) is 0 Å². The summed E-state index contributed by atoms with van der Waals surface area (Å²) in [5, 5.41) is 8.73. The minimum Gasteiger partial charge on any atom is -0.477 e. The lowest BCUT2D eigenvalue weighted by Crippen LogP contribution is -2.49. The summed E-state index contributed by atoms with van der Waals surface area (Å²) in [6.45, 7) is 2.36. The fourth-order valence-electron chi connectivity index (χ4n) is 2.33. The molecule has 130 valence electrons. The summed E-state index contributed by atoms with van der Waals surface area (Å²) in [6, 6.07) is 0. The highest BCUT2D eigenvalue weighted by molar-refractivity contribution is 5.71. The number of carboxylic acids is 1. The molecule has 0 aromatic rings. The van der Waals surface area contributed by atoms with Crippen LogP contribution in [0.2, 0.25) is 0 Å². The monoisotopic (exact) mass is 316 g/mol. The summed E-state index contributed by atoms with van der Waals surface area (Å²) < 4.78 is 4.88. The van der Waals surface area contributed by atoms with Gasteiger partial charge >= 0.3 is 12.1 Å². The Hall–Kier alpha value is -1.10. The number of carbonyl (C=O) groups is 2. The van der Waals surface area contributed by atoms with Crippen LogP contribution >= 0.6 is 0 Å². The molecule has 0 aliphatic carbocycles. The van der Waals surface area contributed by atoms with E-state index in [2.05, 4.69) is 6.92 Å². The number of quaternary nitrogens is 1. The third-order valence-electron chi connectivity index (χ3n) is 3.75. The van der Waals surface area contributed by atoms with Gasteiger partial charge in [0.1, 0.15) is 0 Å². The van der Waals surface area contributed by atoms with E-state index < -0.39 is 12.1 Å². The van der Waals surface area contributed by atoms with Crippen molar-refractivity contribution in [2.75, 3.05) is 27.2 Å². The van der Waals surface area contributed by atoms with Gasteiger partial charge in [0.2, 0.25) is 0 Å². The molecule has 5 heteroatoms. The van der Waals surface area contributed by atoms with Crippen molar-refractivity contribution >= 4 is 12.1 Å². The summed E-state index contributed by atoms with van der Waals surface area (Å²) in [4.78, 5) is 22.4. The number of ether oxygens (including phenoxy) is 1. The Balaban J connectivity index is 3.46. The molecule has 5 nitrogen and oxygen atoms in total. The van der Waals surface area contributed by atoms with Crippen LogP contribution in [0.3, 0.4) is 0 Å². The van der Waals surface area contributed by atoms with Gasteiger partial charge in [-0.15, -0.1) is 0 Å². The summed E-state index contributed by atoms with van der Waals surface area (Å²) in [5.41, 5.74) is 0. The van der Waals surface area contributed by atoms with Gasteiger partial charge in [0.05, 0.1) is 20.7 Å². The van der Waals surface area contributed by atoms with E-state index in [4.69, 9.17) is 9.84 Å². The smallest absolute Gasteiger partial charge is 0.477 e. The van der Waals surface area contributed by atoms with E-state index in [9.17, 15) is 9.59 Å². The zero-order valence-electron chi connectivity index (χ0n) is 14.6. The lowest BCUT2D eigenvalue weighted by Gasteiger charge is -2.22. The van der Waals surface area contributed by atoms with Gasteiger partial charge < -0.3 is 9.84 Å². The van der Waals surface area contributed by atoms with E-state index >= 15 is 0 Å². The van der Waals surface area contributed by atoms with Crippen molar-refractivity contribution < 1.29 is 23.9 Å². The average Bonchev–Trinajstić information content (AvgIpc) is 2.43. The number of hydrogen-bond acceptors (Lipinski definition) is 3. The van der Waals surface area contributed by atoms with Gasteiger partial charge in [-0.05, 0) is 6.42 Å². The molecule has 0 aliphatic rings. The quantitative estimate of drug-likeness (QED) is 0.408. The largest absolute Gasteiger partial charge is 0.516 e. The van der Waals surface area contributed by atoms with E-state index in [1.807, 2.05) is 0 Å². The van der Waals surface area contributed by atoms with Crippen LogP contribution in [0.1, 0.15) is 71.1 Å². The number of carbonyl (C=O) groups excluding carboxylic acids is 1. The maximum absolute atomic E-state index is 11.7. The van der Waals surface area contributed by atoms with Gasteiger partial charge in [0.15, 0.2) is 6.54 Å². The van der Waals surface area contributed by atoms with Crippen molar-refractivity contribution in [2.24, 2.45) is 0 Å². The molecule has 0 radical (unpaired) electrons. The van der Waals surface area contributed by atoms with Gasteiger partial charge in [-0.2, -0.15) is 4.79 Å². The lowest BCUT2D eigenvalue weighted by molar-refractivity contribution is -0.809. The van der Waals surface area contributed by atoms with Gasteiger partial charge in [0, 0.05) is 0 Å². The molecule has 1 amide bonds. The number of nitrogens with zero attached hydrogens (tertiary/aromatic N) is 1. The van der Waals surface area contributed by atoms with Crippen LogP contribution in [0.5, 0.6) is 0 Å². The number of likely N-dealkylation sites (N-methyl/N-ethyl adjacent to an activating group) is 1. The Morgan fingerprint density at radius 1 is 0.864 bits per heavy atom. The molecule has 0 heterocycles. The summed E-state index contributed by atoms with van der Waals surface area (Å²) in [7, 11) is 3.10. The van der Waals surface area contributed by atoms with Gasteiger partial charge in [-0.25, -0.2) is 9.28 Å². The molecular formula is C17H34NO4+. The zero-order chi connectivity index (χ0) is 16.8. The second-order valence-electron chi connectivity index (χ2n) is 6.53. The minimum atomic E-state index is -0.999. The standard InChI is InChI=1S/C17H33NO4/c1-4-5-6-7-8-9-10-11-12-13-14-22-17(21)18(2,3)15-16(19)20/h4-15H2,1-3H3/p+1. The molecule has 0 rings (SSSR count). The highest BCUT2D eigenvalue weighted by atomic mass is 16.6. The van der Waals surface area contributed by atoms with Crippen LogP contribution in [0.4, 0.5) is 4.79 Å². The fraction of sp³-hybridized carbons (Fsp3) is 0.882. The first-order valence-corrected chi connectivity index (χ1v) is 8.62. The molecule has 0 atom stereocenters. The first-order valence-electron chi connectivity index (χ1n) is 8.62. The fourth-order valence-corrected chi connectivity index (χ4v) is 2.33. The normalized spacial score (nSPS) is 11.4. The predicted molar refractivity (Wildman–Crippen MR) is 87.8 cm³/mol. The molecule has 0 unspecified atom stereocenters. The number of unbranched alkanes of at least 4 members (excludes halogenated alkanes) is 9. The van der Waals surface area contributed by atoms with E-state index in [0.717, 1.165) is 12.8 Å². The van der Waals surface area contributed by atoms with Crippen LogP contribution in [0.15, 0.2) is 0 Å². The molecule has 0 aromatic carbocycles. The number of rotatable bonds is 13. The van der Waals surface area contributed by atoms with Crippen molar-refractivity contribution in [1.82, 2.24) is 0 Å². The van der Waals surface area contributed by atoms with Crippen LogP contribution in [-0.2, 0) is 9.53 Å². The third-order valence-corrected chi connectivity index (χ3v) is 3.75. The van der Waals surface area contributed by atoms with Crippen molar-refractivity contribution in [1.29, 1.82) is 0 Å². The number of hydrogen-bond donors (Lipinski definition) is 1. The molecule has 22 heavy (non-hydrogen) atoms. The molecule has 0 saturated heterocycles. The second-order valence-corrected chi connectivity index (χ2v) is 6.53. The first kappa shape index (κ1) is 20.9. The SMILES string of the molecule is CCCCCCCCCCCCOC(=O)[N+](C)(C)CC(=O)O.